The van der Waals surface area contributed by atoms with E-state index in [4.69, 9.17) is 4.74 Å². The first-order valence-corrected chi connectivity index (χ1v) is 6.03. The van der Waals surface area contributed by atoms with Gasteiger partial charge in [-0.3, -0.25) is 0 Å². The number of halogens is 1. The molecular formula is C14H22FNO. The molecule has 0 saturated heterocycles. The van der Waals surface area contributed by atoms with Crippen LogP contribution in [-0.4, -0.2) is 26.3 Å². The van der Waals surface area contributed by atoms with Crippen LogP contribution in [0.5, 0.6) is 0 Å². The van der Waals surface area contributed by atoms with E-state index in [1.165, 1.54) is 12.1 Å². The third kappa shape index (κ3) is 3.51. The highest BCUT2D eigenvalue weighted by atomic mass is 19.1. The van der Waals surface area contributed by atoms with Gasteiger partial charge in [-0.05, 0) is 31.7 Å². The monoisotopic (exact) mass is 239 g/mol. The van der Waals surface area contributed by atoms with Gasteiger partial charge in [-0.1, -0.05) is 26.0 Å². The number of hydrogen-bond acceptors (Lipinski definition) is 2. The molecule has 2 nitrogen and oxygen atoms in total. The van der Waals surface area contributed by atoms with E-state index in [2.05, 4.69) is 19.2 Å². The highest BCUT2D eigenvalue weighted by Crippen LogP contribution is 2.27. The Kier molecular flexibility index (Phi) is 5.09. The third-order valence-electron chi connectivity index (χ3n) is 3.30. The fourth-order valence-electron chi connectivity index (χ4n) is 1.97. The van der Waals surface area contributed by atoms with Crippen molar-refractivity contribution in [3.05, 3.63) is 35.6 Å². The molecule has 3 heteroatoms. The molecule has 17 heavy (non-hydrogen) atoms. The van der Waals surface area contributed by atoms with Crippen molar-refractivity contribution in [2.45, 2.75) is 32.2 Å². The van der Waals surface area contributed by atoms with Crippen LogP contribution >= 0.6 is 0 Å². The number of nitrogens with one attached hydrogen (secondary N) is 1. The molecule has 0 radical (unpaired) electrons. The van der Waals surface area contributed by atoms with Crippen LogP contribution in [0.15, 0.2) is 24.3 Å². The number of rotatable bonds is 6. The van der Waals surface area contributed by atoms with Crippen LogP contribution in [0.1, 0.15) is 26.3 Å². The zero-order chi connectivity index (χ0) is 12.9. The van der Waals surface area contributed by atoms with E-state index in [0.717, 1.165) is 5.56 Å². The Hall–Kier alpha value is -0.930. The summed E-state index contributed by atoms with van der Waals surface area (Å²) in [5, 5.41) is 3.27. The van der Waals surface area contributed by atoms with Crippen molar-refractivity contribution in [1.29, 1.82) is 0 Å². The van der Waals surface area contributed by atoms with E-state index in [0.29, 0.717) is 13.2 Å². The van der Waals surface area contributed by atoms with Crippen molar-refractivity contribution < 1.29 is 9.13 Å². The second kappa shape index (κ2) is 6.12. The lowest BCUT2D eigenvalue weighted by Crippen LogP contribution is -2.46. The van der Waals surface area contributed by atoms with Crippen molar-refractivity contribution in [2.24, 2.45) is 0 Å². The van der Waals surface area contributed by atoms with Crippen molar-refractivity contribution in [1.82, 2.24) is 5.32 Å². The molecular weight excluding hydrogens is 217 g/mol. The molecule has 0 aliphatic heterocycles. The van der Waals surface area contributed by atoms with E-state index in [-0.39, 0.29) is 17.3 Å². The average molecular weight is 239 g/mol. The van der Waals surface area contributed by atoms with Gasteiger partial charge in [-0.15, -0.1) is 0 Å². The molecule has 1 rings (SSSR count). The second-order valence-corrected chi connectivity index (χ2v) is 4.73. The lowest BCUT2D eigenvalue weighted by Gasteiger charge is -2.34. The summed E-state index contributed by atoms with van der Waals surface area (Å²) in [6.45, 7) is 7.62. The minimum absolute atomic E-state index is 0.0996. The van der Waals surface area contributed by atoms with Crippen molar-refractivity contribution in [3.8, 4) is 0 Å². The summed E-state index contributed by atoms with van der Waals surface area (Å²) >= 11 is 0. The maximum atomic E-state index is 12.9. The summed E-state index contributed by atoms with van der Waals surface area (Å²) < 4.78 is 18.4. The molecule has 1 aromatic carbocycles. The normalized spacial score (nSPS) is 13.7. The predicted octanol–water partition coefficient (Wildman–Crippen LogP) is 2.73. The van der Waals surface area contributed by atoms with Gasteiger partial charge in [0.05, 0.1) is 6.61 Å². The minimum atomic E-state index is -0.199. The fourth-order valence-corrected chi connectivity index (χ4v) is 1.97. The SMILES string of the molecule is CCOCC(NC)C(C)(C)c1ccc(F)cc1. The summed E-state index contributed by atoms with van der Waals surface area (Å²) in [7, 11) is 1.93. The lowest BCUT2D eigenvalue weighted by molar-refractivity contribution is 0.102. The van der Waals surface area contributed by atoms with Gasteiger partial charge < -0.3 is 10.1 Å². The van der Waals surface area contributed by atoms with Crippen LogP contribution in [0.25, 0.3) is 0 Å². The van der Waals surface area contributed by atoms with Crippen LogP contribution in [0.4, 0.5) is 4.39 Å². The van der Waals surface area contributed by atoms with Crippen LogP contribution in [0, 0.1) is 5.82 Å². The number of hydrogen-bond donors (Lipinski definition) is 1. The molecule has 0 saturated carbocycles. The second-order valence-electron chi connectivity index (χ2n) is 4.73. The van der Waals surface area contributed by atoms with E-state index >= 15 is 0 Å². The largest absolute Gasteiger partial charge is 0.380 e. The standard InChI is InChI=1S/C14H22FNO/c1-5-17-10-13(16-4)14(2,3)11-6-8-12(15)9-7-11/h6-9,13,16H,5,10H2,1-4H3. The molecule has 0 heterocycles. The molecule has 0 aromatic heterocycles. The lowest BCUT2D eigenvalue weighted by atomic mass is 9.78. The number of likely N-dealkylation sites (N-methyl/N-ethyl adjacent to an activating group) is 1. The minimum Gasteiger partial charge on any atom is -0.380 e. The van der Waals surface area contributed by atoms with Crippen molar-refractivity contribution >= 4 is 0 Å². The molecule has 1 atom stereocenters. The van der Waals surface area contributed by atoms with Crippen LogP contribution in [0.2, 0.25) is 0 Å². The first kappa shape index (κ1) is 14.1. The van der Waals surface area contributed by atoms with Gasteiger partial charge in [-0.2, -0.15) is 0 Å². The summed E-state index contributed by atoms with van der Waals surface area (Å²) in [5.74, 6) is -0.199. The highest BCUT2D eigenvalue weighted by Gasteiger charge is 2.30. The van der Waals surface area contributed by atoms with E-state index in [1.54, 1.807) is 0 Å². The maximum Gasteiger partial charge on any atom is 0.123 e. The van der Waals surface area contributed by atoms with Crippen LogP contribution < -0.4 is 5.32 Å². The summed E-state index contributed by atoms with van der Waals surface area (Å²) in [6.07, 6.45) is 0. The zero-order valence-corrected chi connectivity index (χ0v) is 11.1. The van der Waals surface area contributed by atoms with Crippen molar-refractivity contribution in [2.75, 3.05) is 20.3 Å². The topological polar surface area (TPSA) is 21.3 Å². The smallest absolute Gasteiger partial charge is 0.123 e. The Morgan fingerprint density at radius 2 is 1.88 bits per heavy atom. The van der Waals surface area contributed by atoms with Gasteiger partial charge in [0.25, 0.3) is 0 Å². The van der Waals surface area contributed by atoms with Crippen LogP contribution in [-0.2, 0) is 10.2 Å². The van der Waals surface area contributed by atoms with Gasteiger partial charge in [0.1, 0.15) is 5.82 Å². The number of ether oxygens (including phenoxy) is 1. The maximum absolute atomic E-state index is 12.9. The molecule has 0 aliphatic rings. The molecule has 0 aliphatic carbocycles. The molecule has 0 bridgehead atoms. The average Bonchev–Trinajstić information content (AvgIpc) is 2.30. The van der Waals surface area contributed by atoms with Gasteiger partial charge in [0, 0.05) is 18.1 Å². The van der Waals surface area contributed by atoms with E-state index in [9.17, 15) is 4.39 Å². The quantitative estimate of drug-likeness (QED) is 0.824. The Bertz CT molecular complexity index is 335. The van der Waals surface area contributed by atoms with Crippen molar-refractivity contribution in [3.63, 3.8) is 0 Å². The summed E-state index contributed by atoms with van der Waals surface area (Å²) in [6, 6.07) is 6.89. The first-order chi connectivity index (χ1) is 8.02. The summed E-state index contributed by atoms with van der Waals surface area (Å²) in [4.78, 5) is 0. The Morgan fingerprint density at radius 1 is 1.29 bits per heavy atom. The third-order valence-corrected chi connectivity index (χ3v) is 3.30. The fraction of sp³-hybridized carbons (Fsp3) is 0.571. The first-order valence-electron chi connectivity index (χ1n) is 6.03. The Balaban J connectivity index is 2.86. The molecule has 1 aromatic rings. The van der Waals surface area contributed by atoms with Gasteiger partial charge >= 0.3 is 0 Å². The molecule has 1 N–H and O–H groups in total. The summed E-state index contributed by atoms with van der Waals surface area (Å²) in [5.41, 5.74) is 1.01. The van der Waals surface area contributed by atoms with Crippen LogP contribution in [0.3, 0.4) is 0 Å². The molecule has 0 spiro atoms. The number of benzene rings is 1. The molecule has 1 unspecified atom stereocenters. The van der Waals surface area contributed by atoms with Gasteiger partial charge in [-0.25, -0.2) is 4.39 Å². The Labute approximate surface area is 103 Å². The molecule has 0 fully saturated rings. The van der Waals surface area contributed by atoms with Gasteiger partial charge in [0.2, 0.25) is 0 Å². The predicted molar refractivity (Wildman–Crippen MR) is 68.8 cm³/mol. The Morgan fingerprint density at radius 3 is 2.35 bits per heavy atom. The zero-order valence-electron chi connectivity index (χ0n) is 11.1. The highest BCUT2D eigenvalue weighted by molar-refractivity contribution is 5.26. The van der Waals surface area contributed by atoms with E-state index < -0.39 is 0 Å². The molecule has 0 amide bonds. The molecule has 96 valence electrons. The van der Waals surface area contributed by atoms with E-state index in [1.807, 2.05) is 26.1 Å². The van der Waals surface area contributed by atoms with Gasteiger partial charge in [0.15, 0.2) is 0 Å².